The van der Waals surface area contributed by atoms with Crippen molar-refractivity contribution in [1.29, 1.82) is 0 Å². The number of sulfonamides is 1. The number of carbonyl (C=O) groups excluding carboxylic acids is 2. The number of amides is 2. The molecule has 0 spiro atoms. The molecule has 2 rings (SSSR count). The quantitative estimate of drug-likeness (QED) is 0.523. The van der Waals surface area contributed by atoms with Crippen molar-refractivity contribution in [2.45, 2.75) is 53.2 Å². The van der Waals surface area contributed by atoms with Crippen LogP contribution in [0.5, 0.6) is 5.75 Å². The molecule has 2 aromatic carbocycles. The molecule has 0 bridgehead atoms. The highest BCUT2D eigenvalue weighted by atomic mass is 32.2. The normalized spacial score (nSPS) is 12.2. The number of rotatable bonds is 11. The molecule has 2 aromatic rings. The molecular weight excluding hydrogens is 454 g/mol. The van der Waals surface area contributed by atoms with Crippen molar-refractivity contribution < 1.29 is 22.7 Å². The third kappa shape index (κ3) is 7.48. The van der Waals surface area contributed by atoms with Crippen LogP contribution in [0.4, 0.5) is 5.69 Å². The zero-order chi connectivity index (χ0) is 25.5. The lowest BCUT2D eigenvalue weighted by Gasteiger charge is -2.32. The summed E-state index contributed by atoms with van der Waals surface area (Å²) in [6.45, 7) is 9.11. The molecule has 0 saturated carbocycles. The largest absolute Gasteiger partial charge is 0.492 e. The van der Waals surface area contributed by atoms with E-state index >= 15 is 0 Å². The molecule has 1 atom stereocenters. The van der Waals surface area contributed by atoms with Gasteiger partial charge in [-0.3, -0.25) is 13.9 Å². The van der Waals surface area contributed by atoms with Crippen LogP contribution < -0.4 is 14.4 Å². The molecule has 1 N–H and O–H groups in total. The topological polar surface area (TPSA) is 96.0 Å². The van der Waals surface area contributed by atoms with Crippen LogP contribution in [0.1, 0.15) is 38.8 Å². The second kappa shape index (κ2) is 11.9. The molecule has 0 saturated heterocycles. The molecule has 9 heteroatoms. The minimum Gasteiger partial charge on any atom is -0.492 e. The van der Waals surface area contributed by atoms with E-state index in [2.05, 4.69) is 5.32 Å². The highest BCUT2D eigenvalue weighted by Crippen LogP contribution is 2.30. The third-order valence-electron chi connectivity index (χ3n) is 5.15. The van der Waals surface area contributed by atoms with Gasteiger partial charge in [-0.1, -0.05) is 42.0 Å². The van der Waals surface area contributed by atoms with Gasteiger partial charge in [0.1, 0.15) is 18.3 Å². The number of ether oxygens (including phenoxy) is 1. The van der Waals surface area contributed by atoms with Crippen LogP contribution in [0.25, 0.3) is 0 Å². The molecule has 0 fully saturated rings. The summed E-state index contributed by atoms with van der Waals surface area (Å²) in [6.07, 6.45) is 1.04. The summed E-state index contributed by atoms with van der Waals surface area (Å²) in [5.74, 6) is -0.444. The Hall–Kier alpha value is -3.07. The van der Waals surface area contributed by atoms with Gasteiger partial charge in [0.15, 0.2) is 0 Å². The van der Waals surface area contributed by atoms with E-state index in [4.69, 9.17) is 4.74 Å². The Morgan fingerprint density at radius 3 is 2.32 bits per heavy atom. The Kier molecular flexibility index (Phi) is 9.49. The number of aryl methyl sites for hydroxylation is 1. The standard InChI is InChI=1S/C25H35N3O5S/c1-7-33-23-14-9-8-13-22(23)28(34(6,31)32)17-24(29)27(20(5)25(30)26-18(2)3)16-21-12-10-11-19(4)15-21/h8-15,18,20H,7,16-17H2,1-6H3,(H,26,30). The minimum atomic E-state index is -3.83. The summed E-state index contributed by atoms with van der Waals surface area (Å²) >= 11 is 0. The fraction of sp³-hybridized carbons (Fsp3) is 0.440. The predicted octanol–water partition coefficient (Wildman–Crippen LogP) is 3.10. The highest BCUT2D eigenvalue weighted by Gasteiger charge is 2.31. The van der Waals surface area contributed by atoms with Crippen LogP contribution in [0.2, 0.25) is 0 Å². The number of hydrogen-bond acceptors (Lipinski definition) is 5. The van der Waals surface area contributed by atoms with E-state index < -0.39 is 28.5 Å². The van der Waals surface area contributed by atoms with Gasteiger partial charge >= 0.3 is 0 Å². The lowest BCUT2D eigenvalue weighted by molar-refractivity contribution is -0.139. The van der Waals surface area contributed by atoms with Gasteiger partial charge in [-0.2, -0.15) is 0 Å². The number of para-hydroxylation sites is 2. The number of hydrogen-bond donors (Lipinski definition) is 1. The summed E-state index contributed by atoms with van der Waals surface area (Å²) in [4.78, 5) is 27.8. The van der Waals surface area contributed by atoms with Gasteiger partial charge in [-0.15, -0.1) is 0 Å². The van der Waals surface area contributed by atoms with Crippen LogP contribution in [-0.2, 0) is 26.2 Å². The summed E-state index contributed by atoms with van der Waals surface area (Å²) in [7, 11) is -3.83. The molecule has 186 valence electrons. The molecule has 1 unspecified atom stereocenters. The van der Waals surface area contributed by atoms with Crippen molar-refractivity contribution in [3.05, 3.63) is 59.7 Å². The number of anilines is 1. The maximum Gasteiger partial charge on any atom is 0.244 e. The first-order valence-electron chi connectivity index (χ1n) is 11.3. The van der Waals surface area contributed by atoms with Crippen molar-refractivity contribution >= 4 is 27.5 Å². The Bertz CT molecular complexity index is 1100. The van der Waals surface area contributed by atoms with Gasteiger partial charge in [0.2, 0.25) is 21.8 Å². The van der Waals surface area contributed by atoms with E-state index in [1.54, 1.807) is 38.1 Å². The Morgan fingerprint density at radius 1 is 1.06 bits per heavy atom. The van der Waals surface area contributed by atoms with Gasteiger partial charge in [0.05, 0.1) is 18.6 Å². The van der Waals surface area contributed by atoms with Gasteiger partial charge in [-0.25, -0.2) is 8.42 Å². The monoisotopic (exact) mass is 489 g/mol. The van der Waals surface area contributed by atoms with Crippen LogP contribution in [0.3, 0.4) is 0 Å². The number of nitrogens with one attached hydrogen (secondary N) is 1. The highest BCUT2D eigenvalue weighted by molar-refractivity contribution is 7.92. The first kappa shape index (κ1) is 27.2. The number of carbonyl (C=O) groups is 2. The Balaban J connectivity index is 2.44. The average molecular weight is 490 g/mol. The lowest BCUT2D eigenvalue weighted by atomic mass is 10.1. The van der Waals surface area contributed by atoms with Crippen molar-refractivity contribution in [2.24, 2.45) is 0 Å². The molecule has 0 radical (unpaired) electrons. The van der Waals surface area contributed by atoms with Gasteiger partial charge in [-0.05, 0) is 52.3 Å². The molecule has 0 aliphatic rings. The number of nitrogens with zero attached hydrogens (tertiary/aromatic N) is 2. The third-order valence-corrected chi connectivity index (χ3v) is 6.27. The maximum atomic E-state index is 13.6. The Morgan fingerprint density at radius 2 is 1.74 bits per heavy atom. The van der Waals surface area contributed by atoms with Crippen molar-refractivity contribution in [3.63, 3.8) is 0 Å². The first-order valence-corrected chi connectivity index (χ1v) is 13.1. The lowest BCUT2D eigenvalue weighted by Crippen LogP contribution is -2.52. The van der Waals surface area contributed by atoms with Crippen LogP contribution in [0.15, 0.2) is 48.5 Å². The maximum absolute atomic E-state index is 13.6. The molecule has 0 aliphatic heterocycles. The van der Waals surface area contributed by atoms with E-state index in [0.717, 1.165) is 21.7 Å². The minimum absolute atomic E-state index is 0.101. The summed E-state index contributed by atoms with van der Waals surface area (Å²) in [5.41, 5.74) is 2.14. The Labute approximate surface area is 202 Å². The SMILES string of the molecule is CCOc1ccccc1N(CC(=O)N(Cc1cccc(C)c1)C(C)C(=O)NC(C)C)S(C)(=O)=O. The second-order valence-electron chi connectivity index (χ2n) is 8.52. The van der Waals surface area contributed by atoms with Crippen molar-refractivity contribution in [2.75, 3.05) is 23.7 Å². The summed E-state index contributed by atoms with van der Waals surface area (Å²) in [5, 5.41) is 2.83. The van der Waals surface area contributed by atoms with E-state index in [-0.39, 0.29) is 24.2 Å². The predicted molar refractivity (Wildman–Crippen MR) is 134 cm³/mol. The molecule has 2 amide bonds. The van der Waals surface area contributed by atoms with Crippen LogP contribution >= 0.6 is 0 Å². The summed E-state index contributed by atoms with van der Waals surface area (Å²) in [6, 6.07) is 13.4. The zero-order valence-corrected chi connectivity index (χ0v) is 21.6. The van der Waals surface area contributed by atoms with Gasteiger partial charge in [0.25, 0.3) is 0 Å². The smallest absolute Gasteiger partial charge is 0.244 e. The fourth-order valence-electron chi connectivity index (χ4n) is 3.53. The molecule has 0 aliphatic carbocycles. The van der Waals surface area contributed by atoms with Gasteiger partial charge in [0, 0.05) is 12.6 Å². The van der Waals surface area contributed by atoms with E-state index in [1.165, 1.54) is 4.90 Å². The number of benzene rings is 2. The summed E-state index contributed by atoms with van der Waals surface area (Å²) < 4.78 is 32.1. The zero-order valence-electron chi connectivity index (χ0n) is 20.7. The van der Waals surface area contributed by atoms with E-state index in [9.17, 15) is 18.0 Å². The van der Waals surface area contributed by atoms with Crippen molar-refractivity contribution in [3.8, 4) is 5.75 Å². The molecule has 0 heterocycles. The fourth-order valence-corrected chi connectivity index (χ4v) is 4.38. The van der Waals surface area contributed by atoms with E-state index in [0.29, 0.717) is 12.4 Å². The molecule has 8 nitrogen and oxygen atoms in total. The van der Waals surface area contributed by atoms with Crippen LogP contribution in [0, 0.1) is 6.92 Å². The molecule has 0 aromatic heterocycles. The average Bonchev–Trinajstić information content (AvgIpc) is 2.75. The molecule has 34 heavy (non-hydrogen) atoms. The van der Waals surface area contributed by atoms with Crippen molar-refractivity contribution in [1.82, 2.24) is 10.2 Å². The van der Waals surface area contributed by atoms with Crippen LogP contribution in [-0.4, -0.2) is 56.6 Å². The molecular formula is C25H35N3O5S. The van der Waals surface area contributed by atoms with E-state index in [1.807, 2.05) is 45.0 Å². The first-order chi connectivity index (χ1) is 15.9. The second-order valence-corrected chi connectivity index (χ2v) is 10.4. The van der Waals surface area contributed by atoms with Gasteiger partial charge < -0.3 is 15.0 Å².